The third-order valence-corrected chi connectivity index (χ3v) is 7.30. The maximum absolute atomic E-state index is 13.4. The first kappa shape index (κ1) is 20.1. The smallest absolute Gasteiger partial charge is 0.317 e. The van der Waals surface area contributed by atoms with Crippen molar-refractivity contribution in [2.75, 3.05) is 19.6 Å². The summed E-state index contributed by atoms with van der Waals surface area (Å²) in [5.74, 6) is 0.187. The highest BCUT2D eigenvalue weighted by molar-refractivity contribution is 5.83. The monoisotopic (exact) mass is 417 g/mol. The average molecular weight is 418 g/mol. The number of piperidine rings is 2. The van der Waals surface area contributed by atoms with Gasteiger partial charge in [-0.3, -0.25) is 4.79 Å². The molecule has 0 saturated carbocycles. The van der Waals surface area contributed by atoms with E-state index >= 15 is 0 Å². The molecule has 5 heteroatoms. The molecule has 3 aliphatic rings. The Bertz CT molecular complexity index is 974. The Balaban J connectivity index is 1.32. The van der Waals surface area contributed by atoms with Gasteiger partial charge in [-0.15, -0.1) is 0 Å². The van der Waals surface area contributed by atoms with Crippen LogP contribution >= 0.6 is 0 Å². The van der Waals surface area contributed by atoms with Crippen LogP contribution in [0.5, 0.6) is 0 Å². The van der Waals surface area contributed by atoms with Crippen molar-refractivity contribution in [2.45, 2.75) is 51.1 Å². The highest BCUT2D eigenvalue weighted by atomic mass is 16.2. The summed E-state index contributed by atoms with van der Waals surface area (Å²) in [5.41, 5.74) is 5.09. The van der Waals surface area contributed by atoms with E-state index < -0.39 is 0 Å². The summed E-state index contributed by atoms with van der Waals surface area (Å²) in [4.78, 5) is 30.6. The van der Waals surface area contributed by atoms with Crippen LogP contribution in [-0.2, 0) is 17.6 Å². The van der Waals surface area contributed by atoms with Crippen LogP contribution < -0.4 is 5.32 Å². The SMILES string of the molecule is Cc1ccc2c(c1)[C@H]1C[C@H]3[C@H](CCCN3C(=O)NCCc3ccccc3)C(=O)N1CC2. The zero-order valence-electron chi connectivity index (χ0n) is 18.2. The number of amides is 3. The number of urea groups is 1. The topological polar surface area (TPSA) is 52.7 Å². The summed E-state index contributed by atoms with van der Waals surface area (Å²) in [6, 6.07) is 16.9. The van der Waals surface area contributed by atoms with Crippen LogP contribution in [0, 0.1) is 12.8 Å². The summed E-state index contributed by atoms with van der Waals surface area (Å²) in [6.45, 7) is 4.26. The molecule has 2 fully saturated rings. The lowest BCUT2D eigenvalue weighted by atomic mass is 9.76. The lowest BCUT2D eigenvalue weighted by molar-refractivity contribution is -0.148. The summed E-state index contributed by atoms with van der Waals surface area (Å²) < 4.78 is 0. The first-order valence-electron chi connectivity index (χ1n) is 11.6. The van der Waals surface area contributed by atoms with Gasteiger partial charge in [0.25, 0.3) is 0 Å². The van der Waals surface area contributed by atoms with Gasteiger partial charge < -0.3 is 15.1 Å². The number of aryl methyl sites for hydroxylation is 1. The van der Waals surface area contributed by atoms with Crippen molar-refractivity contribution in [1.82, 2.24) is 15.1 Å². The van der Waals surface area contributed by atoms with Gasteiger partial charge in [0.2, 0.25) is 5.91 Å². The fraction of sp³-hybridized carbons (Fsp3) is 0.462. The molecule has 5 rings (SSSR count). The fourth-order valence-electron chi connectivity index (χ4n) is 5.73. The number of nitrogens with one attached hydrogen (secondary N) is 1. The molecule has 31 heavy (non-hydrogen) atoms. The van der Waals surface area contributed by atoms with Gasteiger partial charge in [-0.25, -0.2) is 4.79 Å². The zero-order chi connectivity index (χ0) is 21.4. The third kappa shape index (κ3) is 3.82. The summed E-state index contributed by atoms with van der Waals surface area (Å²) in [6.07, 6.45) is 4.38. The molecule has 2 aromatic carbocycles. The van der Waals surface area contributed by atoms with Crippen LogP contribution in [0.2, 0.25) is 0 Å². The van der Waals surface area contributed by atoms with E-state index in [1.807, 2.05) is 23.1 Å². The Morgan fingerprint density at radius 3 is 2.81 bits per heavy atom. The molecular weight excluding hydrogens is 386 g/mol. The molecule has 0 bridgehead atoms. The number of rotatable bonds is 3. The molecule has 3 atom stereocenters. The standard InChI is InChI=1S/C26H31N3O2/c1-18-9-10-20-12-15-28-24(22(20)16-18)17-23-21(25(28)30)8-5-14-29(23)26(31)27-13-11-19-6-3-2-4-7-19/h2-4,6-7,9-10,16,21,23-24H,5,8,11-15,17H2,1H3,(H,27,31)/t21-,23-,24+/m0/s1. The highest BCUT2D eigenvalue weighted by Crippen LogP contribution is 2.43. The Morgan fingerprint density at radius 2 is 1.97 bits per heavy atom. The lowest BCUT2D eigenvalue weighted by Gasteiger charge is -2.51. The number of benzene rings is 2. The average Bonchev–Trinajstić information content (AvgIpc) is 2.79. The van der Waals surface area contributed by atoms with Crippen molar-refractivity contribution in [3.8, 4) is 0 Å². The summed E-state index contributed by atoms with van der Waals surface area (Å²) in [7, 11) is 0. The predicted molar refractivity (Wildman–Crippen MR) is 121 cm³/mol. The van der Waals surface area contributed by atoms with Gasteiger partial charge in [-0.2, -0.15) is 0 Å². The maximum atomic E-state index is 13.4. The predicted octanol–water partition coefficient (Wildman–Crippen LogP) is 3.86. The van der Waals surface area contributed by atoms with Crippen LogP contribution in [0.15, 0.2) is 48.5 Å². The van der Waals surface area contributed by atoms with Gasteiger partial charge in [0, 0.05) is 25.7 Å². The number of hydrogen-bond acceptors (Lipinski definition) is 2. The summed E-state index contributed by atoms with van der Waals surface area (Å²) in [5, 5.41) is 3.11. The normalized spacial score (nSPS) is 24.8. The van der Waals surface area contributed by atoms with Gasteiger partial charge in [-0.1, -0.05) is 54.1 Å². The number of hydrogen-bond donors (Lipinski definition) is 1. The number of carbonyl (C=O) groups is 2. The van der Waals surface area contributed by atoms with Gasteiger partial charge >= 0.3 is 6.03 Å². The van der Waals surface area contributed by atoms with Crippen LogP contribution in [0.25, 0.3) is 0 Å². The molecule has 0 aliphatic carbocycles. The molecule has 3 amide bonds. The van der Waals surface area contributed by atoms with Gasteiger partial charge in [0.1, 0.15) is 0 Å². The molecular formula is C26H31N3O2. The molecule has 162 valence electrons. The molecule has 3 aliphatic heterocycles. The van der Waals surface area contributed by atoms with E-state index in [-0.39, 0.29) is 29.9 Å². The van der Waals surface area contributed by atoms with Crippen molar-refractivity contribution in [1.29, 1.82) is 0 Å². The van der Waals surface area contributed by atoms with E-state index in [1.54, 1.807) is 0 Å². The van der Waals surface area contributed by atoms with Crippen LogP contribution in [-0.4, -0.2) is 47.4 Å². The fourth-order valence-corrected chi connectivity index (χ4v) is 5.73. The van der Waals surface area contributed by atoms with E-state index in [2.05, 4.69) is 47.5 Å². The Hall–Kier alpha value is -2.82. The third-order valence-electron chi connectivity index (χ3n) is 7.30. The molecule has 2 saturated heterocycles. The number of carbonyl (C=O) groups excluding carboxylic acids is 2. The molecule has 0 unspecified atom stereocenters. The number of likely N-dealkylation sites (tertiary alicyclic amines) is 1. The Morgan fingerprint density at radius 1 is 1.13 bits per heavy atom. The minimum Gasteiger partial charge on any atom is -0.338 e. The first-order chi connectivity index (χ1) is 15.1. The van der Waals surface area contributed by atoms with E-state index in [9.17, 15) is 9.59 Å². The minimum absolute atomic E-state index is 0.00862. The Labute approximate surface area is 184 Å². The van der Waals surface area contributed by atoms with Crippen molar-refractivity contribution in [2.24, 2.45) is 5.92 Å². The molecule has 0 spiro atoms. The maximum Gasteiger partial charge on any atom is 0.317 e. The van der Waals surface area contributed by atoms with Crippen LogP contribution in [0.1, 0.15) is 47.6 Å². The van der Waals surface area contributed by atoms with Crippen molar-refractivity contribution in [3.63, 3.8) is 0 Å². The van der Waals surface area contributed by atoms with E-state index in [0.717, 1.165) is 45.2 Å². The van der Waals surface area contributed by atoms with Crippen molar-refractivity contribution < 1.29 is 9.59 Å². The van der Waals surface area contributed by atoms with E-state index in [1.165, 1.54) is 22.3 Å². The van der Waals surface area contributed by atoms with Crippen LogP contribution in [0.4, 0.5) is 4.79 Å². The van der Waals surface area contributed by atoms with E-state index in [0.29, 0.717) is 6.54 Å². The van der Waals surface area contributed by atoms with E-state index in [4.69, 9.17) is 0 Å². The van der Waals surface area contributed by atoms with Gasteiger partial charge in [-0.05, 0) is 55.7 Å². The van der Waals surface area contributed by atoms with Gasteiger partial charge in [0.15, 0.2) is 0 Å². The highest BCUT2D eigenvalue weighted by Gasteiger charge is 2.48. The molecule has 2 aromatic rings. The quantitative estimate of drug-likeness (QED) is 0.825. The molecule has 5 nitrogen and oxygen atoms in total. The molecule has 3 heterocycles. The first-order valence-corrected chi connectivity index (χ1v) is 11.6. The molecule has 0 aromatic heterocycles. The largest absolute Gasteiger partial charge is 0.338 e. The zero-order valence-corrected chi connectivity index (χ0v) is 18.2. The lowest BCUT2D eigenvalue weighted by Crippen LogP contribution is -2.61. The summed E-state index contributed by atoms with van der Waals surface area (Å²) >= 11 is 0. The van der Waals surface area contributed by atoms with Gasteiger partial charge in [0.05, 0.1) is 12.0 Å². The molecule has 1 N–H and O–H groups in total. The second-order valence-corrected chi connectivity index (χ2v) is 9.21. The van der Waals surface area contributed by atoms with Crippen molar-refractivity contribution in [3.05, 3.63) is 70.8 Å². The Kier molecular flexibility index (Phi) is 5.43. The number of nitrogens with zero attached hydrogens (tertiary/aromatic N) is 2. The number of fused-ring (bicyclic) bond motifs is 4. The van der Waals surface area contributed by atoms with Crippen molar-refractivity contribution >= 4 is 11.9 Å². The minimum atomic E-state index is -0.0590. The van der Waals surface area contributed by atoms with Crippen LogP contribution in [0.3, 0.4) is 0 Å². The second-order valence-electron chi connectivity index (χ2n) is 9.21. The second kappa shape index (κ2) is 8.37. The molecule has 0 radical (unpaired) electrons.